The first kappa shape index (κ1) is 20.6. The summed E-state index contributed by atoms with van der Waals surface area (Å²) in [6.45, 7) is 0.903. The van der Waals surface area contributed by atoms with Crippen LogP contribution in [0.15, 0.2) is 54.6 Å². The molecule has 7 nitrogen and oxygen atoms in total. The van der Waals surface area contributed by atoms with Gasteiger partial charge in [0.25, 0.3) is 0 Å². The second-order valence-corrected chi connectivity index (χ2v) is 6.65. The number of rotatable bonds is 7. The van der Waals surface area contributed by atoms with Crippen molar-refractivity contribution < 1.29 is 23.5 Å². The molecule has 3 rings (SSSR count). The molecule has 2 aromatic rings. The Morgan fingerprint density at radius 1 is 1.14 bits per heavy atom. The monoisotopic (exact) mass is 401 g/mol. The molecule has 0 unspecified atom stereocenters. The van der Waals surface area contributed by atoms with Gasteiger partial charge in [0, 0.05) is 20.1 Å². The SMILES string of the molecule is COCCNC(=O)[C@@H]1C[C@H](Oc2ccccc2)CN1C(=O)Nc1ccccc1F. The molecule has 0 aliphatic carbocycles. The van der Waals surface area contributed by atoms with E-state index in [2.05, 4.69) is 10.6 Å². The van der Waals surface area contributed by atoms with E-state index >= 15 is 0 Å². The Morgan fingerprint density at radius 3 is 2.59 bits per heavy atom. The van der Waals surface area contributed by atoms with Crippen LogP contribution in [-0.4, -0.2) is 55.8 Å². The summed E-state index contributed by atoms with van der Waals surface area (Å²) in [7, 11) is 1.54. The van der Waals surface area contributed by atoms with Gasteiger partial charge in [-0.1, -0.05) is 30.3 Å². The number of benzene rings is 2. The summed E-state index contributed by atoms with van der Waals surface area (Å²) in [4.78, 5) is 26.8. The zero-order valence-corrected chi connectivity index (χ0v) is 16.1. The maximum atomic E-state index is 13.9. The Bertz CT molecular complexity index is 834. The second kappa shape index (κ2) is 9.88. The number of urea groups is 1. The lowest BCUT2D eigenvalue weighted by atomic mass is 10.2. The van der Waals surface area contributed by atoms with E-state index in [1.165, 1.54) is 23.1 Å². The van der Waals surface area contributed by atoms with E-state index in [4.69, 9.17) is 9.47 Å². The summed E-state index contributed by atoms with van der Waals surface area (Å²) in [6, 6.07) is 13.8. The summed E-state index contributed by atoms with van der Waals surface area (Å²) >= 11 is 0. The molecule has 0 saturated carbocycles. The number of para-hydroxylation sites is 2. The fourth-order valence-corrected chi connectivity index (χ4v) is 3.19. The van der Waals surface area contributed by atoms with Crippen molar-refractivity contribution in [1.29, 1.82) is 0 Å². The molecule has 1 saturated heterocycles. The van der Waals surface area contributed by atoms with E-state index in [0.29, 0.717) is 25.3 Å². The standard InChI is InChI=1S/C21H24FN3O4/c1-28-12-11-23-20(26)19-13-16(29-15-7-3-2-4-8-15)14-25(19)21(27)24-18-10-6-5-9-17(18)22/h2-10,16,19H,11-14H2,1H3,(H,23,26)(H,24,27)/t16-,19-/m0/s1. The molecule has 2 aromatic carbocycles. The number of amides is 3. The van der Waals surface area contributed by atoms with E-state index < -0.39 is 17.9 Å². The third kappa shape index (κ3) is 5.45. The molecule has 0 spiro atoms. The van der Waals surface area contributed by atoms with Crippen molar-refractivity contribution >= 4 is 17.6 Å². The number of halogens is 1. The van der Waals surface area contributed by atoms with Crippen LogP contribution in [-0.2, 0) is 9.53 Å². The number of likely N-dealkylation sites (tertiary alicyclic amines) is 1. The Labute approximate surface area is 168 Å². The summed E-state index contributed by atoms with van der Waals surface area (Å²) in [5.41, 5.74) is 0.0588. The highest BCUT2D eigenvalue weighted by molar-refractivity contribution is 5.94. The molecular formula is C21H24FN3O4. The lowest BCUT2D eigenvalue weighted by Gasteiger charge is -2.24. The molecular weight excluding hydrogens is 377 g/mol. The molecule has 2 N–H and O–H groups in total. The fraction of sp³-hybridized carbons (Fsp3) is 0.333. The minimum absolute atomic E-state index is 0.0588. The van der Waals surface area contributed by atoms with Gasteiger partial charge in [0.1, 0.15) is 23.7 Å². The normalized spacial score (nSPS) is 18.3. The maximum Gasteiger partial charge on any atom is 0.322 e. The number of anilines is 1. The molecule has 1 aliphatic rings. The Balaban J connectivity index is 1.72. The van der Waals surface area contributed by atoms with E-state index in [9.17, 15) is 14.0 Å². The van der Waals surface area contributed by atoms with Crippen molar-refractivity contribution in [3.63, 3.8) is 0 Å². The van der Waals surface area contributed by atoms with Gasteiger partial charge in [-0.25, -0.2) is 9.18 Å². The fourth-order valence-electron chi connectivity index (χ4n) is 3.19. The van der Waals surface area contributed by atoms with Crippen molar-refractivity contribution in [3.05, 3.63) is 60.4 Å². The number of hydrogen-bond donors (Lipinski definition) is 2. The van der Waals surface area contributed by atoms with Crippen LogP contribution in [0.2, 0.25) is 0 Å². The minimum Gasteiger partial charge on any atom is -0.488 e. The van der Waals surface area contributed by atoms with Crippen LogP contribution in [0.25, 0.3) is 0 Å². The number of nitrogens with one attached hydrogen (secondary N) is 2. The predicted octanol–water partition coefficient (Wildman–Crippen LogP) is 2.64. The summed E-state index contributed by atoms with van der Waals surface area (Å²) < 4.78 is 24.8. The van der Waals surface area contributed by atoms with E-state index in [1.54, 1.807) is 13.2 Å². The molecule has 1 fully saturated rings. The molecule has 3 amide bonds. The van der Waals surface area contributed by atoms with Crippen LogP contribution in [0.1, 0.15) is 6.42 Å². The Morgan fingerprint density at radius 2 is 1.86 bits per heavy atom. The average molecular weight is 401 g/mol. The van der Waals surface area contributed by atoms with E-state index in [-0.39, 0.29) is 24.2 Å². The van der Waals surface area contributed by atoms with Crippen LogP contribution in [0, 0.1) is 5.82 Å². The van der Waals surface area contributed by atoms with Gasteiger partial charge in [-0.3, -0.25) is 4.79 Å². The molecule has 0 radical (unpaired) electrons. The molecule has 8 heteroatoms. The van der Waals surface area contributed by atoms with Gasteiger partial charge in [0.15, 0.2) is 0 Å². The van der Waals surface area contributed by atoms with Gasteiger partial charge >= 0.3 is 6.03 Å². The molecule has 0 bridgehead atoms. The smallest absolute Gasteiger partial charge is 0.322 e. The zero-order chi connectivity index (χ0) is 20.6. The molecule has 1 heterocycles. The van der Waals surface area contributed by atoms with Crippen LogP contribution in [0.3, 0.4) is 0 Å². The lowest BCUT2D eigenvalue weighted by molar-refractivity contribution is -0.124. The summed E-state index contributed by atoms with van der Waals surface area (Å²) in [6.07, 6.45) is -0.0276. The van der Waals surface area contributed by atoms with Crippen LogP contribution in [0.5, 0.6) is 5.75 Å². The third-order valence-corrected chi connectivity index (χ3v) is 4.59. The highest BCUT2D eigenvalue weighted by Crippen LogP contribution is 2.24. The summed E-state index contributed by atoms with van der Waals surface area (Å²) in [5, 5.41) is 5.30. The number of ether oxygens (including phenoxy) is 2. The lowest BCUT2D eigenvalue weighted by Crippen LogP contribution is -2.48. The first-order valence-corrected chi connectivity index (χ1v) is 9.39. The average Bonchev–Trinajstić information content (AvgIpc) is 3.14. The van der Waals surface area contributed by atoms with Gasteiger partial charge < -0.3 is 25.0 Å². The summed E-state index contributed by atoms with van der Waals surface area (Å²) in [5.74, 6) is -0.185. The van der Waals surface area contributed by atoms with E-state index in [0.717, 1.165) is 0 Å². The van der Waals surface area contributed by atoms with Crippen LogP contribution < -0.4 is 15.4 Å². The molecule has 0 aromatic heterocycles. The zero-order valence-electron chi connectivity index (χ0n) is 16.1. The number of hydrogen-bond acceptors (Lipinski definition) is 4. The first-order valence-electron chi connectivity index (χ1n) is 9.39. The van der Waals surface area contributed by atoms with Gasteiger partial charge in [0.05, 0.1) is 18.8 Å². The van der Waals surface area contributed by atoms with Crippen LogP contribution in [0.4, 0.5) is 14.9 Å². The molecule has 29 heavy (non-hydrogen) atoms. The van der Waals surface area contributed by atoms with Crippen molar-refractivity contribution in [2.75, 3.05) is 32.1 Å². The number of carbonyl (C=O) groups is 2. The molecule has 2 atom stereocenters. The minimum atomic E-state index is -0.729. The maximum absolute atomic E-state index is 13.9. The van der Waals surface area contributed by atoms with Crippen molar-refractivity contribution in [1.82, 2.24) is 10.2 Å². The Kier molecular flexibility index (Phi) is 7.02. The van der Waals surface area contributed by atoms with Gasteiger partial charge in [-0.2, -0.15) is 0 Å². The number of carbonyl (C=O) groups excluding carboxylic acids is 2. The molecule has 1 aliphatic heterocycles. The first-order chi connectivity index (χ1) is 14.1. The predicted molar refractivity (Wildman–Crippen MR) is 106 cm³/mol. The number of nitrogens with zero attached hydrogens (tertiary/aromatic N) is 1. The van der Waals surface area contributed by atoms with Crippen LogP contribution >= 0.6 is 0 Å². The highest BCUT2D eigenvalue weighted by Gasteiger charge is 2.41. The highest BCUT2D eigenvalue weighted by atomic mass is 19.1. The van der Waals surface area contributed by atoms with Crippen molar-refractivity contribution in [2.45, 2.75) is 18.6 Å². The van der Waals surface area contributed by atoms with Gasteiger partial charge in [-0.05, 0) is 24.3 Å². The quantitative estimate of drug-likeness (QED) is 0.699. The topological polar surface area (TPSA) is 79.9 Å². The van der Waals surface area contributed by atoms with Crippen molar-refractivity contribution in [2.24, 2.45) is 0 Å². The third-order valence-electron chi connectivity index (χ3n) is 4.59. The largest absolute Gasteiger partial charge is 0.488 e. The molecule has 154 valence electrons. The second-order valence-electron chi connectivity index (χ2n) is 6.65. The number of methoxy groups -OCH3 is 1. The van der Waals surface area contributed by atoms with Gasteiger partial charge in [0.2, 0.25) is 5.91 Å². The Hall–Kier alpha value is -3.13. The van der Waals surface area contributed by atoms with Gasteiger partial charge in [-0.15, -0.1) is 0 Å². The van der Waals surface area contributed by atoms with Crippen molar-refractivity contribution in [3.8, 4) is 5.75 Å². The van der Waals surface area contributed by atoms with E-state index in [1.807, 2.05) is 30.3 Å².